The van der Waals surface area contributed by atoms with Crippen LogP contribution >= 0.6 is 0 Å². The van der Waals surface area contributed by atoms with Crippen molar-refractivity contribution in [3.63, 3.8) is 0 Å². The quantitative estimate of drug-likeness (QED) is 0.693. The zero-order chi connectivity index (χ0) is 9.99. The molecule has 1 heteroatoms. The van der Waals surface area contributed by atoms with Crippen molar-refractivity contribution in [1.82, 2.24) is 0 Å². The van der Waals surface area contributed by atoms with Crippen molar-refractivity contribution in [2.45, 2.75) is 60.0 Å². The highest BCUT2D eigenvalue weighted by Gasteiger charge is 2.35. The van der Waals surface area contributed by atoms with Gasteiger partial charge in [-0.2, -0.15) is 0 Å². The van der Waals surface area contributed by atoms with Crippen molar-refractivity contribution in [3.8, 4) is 0 Å². The lowest BCUT2D eigenvalue weighted by Gasteiger charge is -2.38. The maximum Gasteiger partial charge on any atom is 0.0670 e. The summed E-state index contributed by atoms with van der Waals surface area (Å²) < 4.78 is 0. The molecule has 74 valence electrons. The molecule has 1 N–H and O–H groups in total. The van der Waals surface area contributed by atoms with E-state index in [-0.39, 0.29) is 5.41 Å². The van der Waals surface area contributed by atoms with Crippen molar-refractivity contribution in [2.75, 3.05) is 0 Å². The fourth-order valence-electron chi connectivity index (χ4n) is 1.13. The van der Waals surface area contributed by atoms with Crippen molar-refractivity contribution in [3.05, 3.63) is 0 Å². The fourth-order valence-corrected chi connectivity index (χ4v) is 1.13. The van der Waals surface area contributed by atoms with Crippen molar-refractivity contribution in [2.24, 2.45) is 11.3 Å². The minimum absolute atomic E-state index is 0.0174. The van der Waals surface area contributed by atoms with Crippen molar-refractivity contribution < 1.29 is 5.11 Å². The van der Waals surface area contributed by atoms with Gasteiger partial charge in [-0.3, -0.25) is 0 Å². The molecule has 0 unspecified atom stereocenters. The Balaban J connectivity index is 4.22. The molecule has 0 aliphatic rings. The Hall–Kier alpha value is -0.0400. The van der Waals surface area contributed by atoms with Crippen LogP contribution in [0.2, 0.25) is 0 Å². The SMILES string of the molecule is CC[C@H](C)C[C@@](C)(O)C(C)(C)C. The summed E-state index contributed by atoms with van der Waals surface area (Å²) in [6.45, 7) is 12.6. The molecule has 0 aromatic carbocycles. The maximum atomic E-state index is 10.2. The Bertz CT molecular complexity index is 130. The molecule has 0 fully saturated rings. The molecule has 0 saturated heterocycles. The molecule has 0 aliphatic heterocycles. The van der Waals surface area contributed by atoms with Gasteiger partial charge >= 0.3 is 0 Å². The van der Waals surface area contributed by atoms with Crippen LogP contribution in [0.15, 0.2) is 0 Å². The van der Waals surface area contributed by atoms with Gasteiger partial charge in [0.15, 0.2) is 0 Å². The summed E-state index contributed by atoms with van der Waals surface area (Å²) >= 11 is 0. The Kier molecular flexibility index (Phi) is 3.77. The molecule has 0 spiro atoms. The Labute approximate surface area is 77.2 Å². The van der Waals surface area contributed by atoms with E-state index in [0.717, 1.165) is 12.8 Å². The van der Waals surface area contributed by atoms with Crippen LogP contribution in [0.3, 0.4) is 0 Å². The van der Waals surface area contributed by atoms with Crippen LogP contribution < -0.4 is 0 Å². The highest BCUT2D eigenvalue weighted by Crippen LogP contribution is 2.35. The van der Waals surface area contributed by atoms with Gasteiger partial charge in [-0.05, 0) is 24.7 Å². The van der Waals surface area contributed by atoms with E-state index < -0.39 is 5.60 Å². The molecule has 12 heavy (non-hydrogen) atoms. The largest absolute Gasteiger partial charge is 0.390 e. The monoisotopic (exact) mass is 172 g/mol. The third-order valence-corrected chi connectivity index (χ3v) is 3.06. The van der Waals surface area contributed by atoms with Crippen LogP contribution in [0.25, 0.3) is 0 Å². The Morgan fingerprint density at radius 3 is 1.83 bits per heavy atom. The highest BCUT2D eigenvalue weighted by atomic mass is 16.3. The maximum absolute atomic E-state index is 10.2. The van der Waals surface area contributed by atoms with Crippen molar-refractivity contribution >= 4 is 0 Å². The number of rotatable bonds is 3. The first-order valence-electron chi connectivity index (χ1n) is 4.93. The van der Waals surface area contributed by atoms with Crippen molar-refractivity contribution in [1.29, 1.82) is 0 Å². The first-order chi connectivity index (χ1) is 5.20. The second-order valence-corrected chi connectivity index (χ2v) is 5.24. The lowest BCUT2D eigenvalue weighted by Crippen LogP contribution is -2.41. The zero-order valence-corrected chi connectivity index (χ0v) is 9.44. The average molecular weight is 172 g/mol. The van der Waals surface area contributed by atoms with Gasteiger partial charge in [0.25, 0.3) is 0 Å². The fraction of sp³-hybridized carbons (Fsp3) is 1.00. The van der Waals surface area contributed by atoms with E-state index in [9.17, 15) is 5.11 Å². The molecule has 0 aliphatic carbocycles. The van der Waals surface area contributed by atoms with Crippen LogP contribution in [-0.2, 0) is 0 Å². The molecule has 0 heterocycles. The highest BCUT2D eigenvalue weighted by molar-refractivity contribution is 4.87. The van der Waals surface area contributed by atoms with Crippen LogP contribution in [0.1, 0.15) is 54.4 Å². The topological polar surface area (TPSA) is 20.2 Å². The van der Waals surface area contributed by atoms with Gasteiger partial charge in [0, 0.05) is 0 Å². The number of aliphatic hydroxyl groups is 1. The molecule has 2 atom stereocenters. The molecule has 0 radical (unpaired) electrons. The first kappa shape index (κ1) is 12.0. The van der Waals surface area contributed by atoms with Gasteiger partial charge in [0.1, 0.15) is 0 Å². The van der Waals surface area contributed by atoms with E-state index >= 15 is 0 Å². The molecular formula is C11H24O. The molecule has 0 aromatic heterocycles. The van der Waals surface area contributed by atoms with Gasteiger partial charge in [0.2, 0.25) is 0 Å². The summed E-state index contributed by atoms with van der Waals surface area (Å²) in [5, 5.41) is 10.2. The second kappa shape index (κ2) is 3.78. The van der Waals surface area contributed by atoms with Gasteiger partial charge in [-0.15, -0.1) is 0 Å². The summed E-state index contributed by atoms with van der Waals surface area (Å²) in [6.07, 6.45) is 2.04. The summed E-state index contributed by atoms with van der Waals surface area (Å²) in [7, 11) is 0. The van der Waals surface area contributed by atoms with Gasteiger partial charge in [0.05, 0.1) is 5.60 Å². The van der Waals surface area contributed by atoms with Crippen LogP contribution in [-0.4, -0.2) is 10.7 Å². The molecule has 0 rings (SSSR count). The molecule has 0 amide bonds. The zero-order valence-electron chi connectivity index (χ0n) is 9.44. The van der Waals surface area contributed by atoms with Gasteiger partial charge in [-0.25, -0.2) is 0 Å². The molecular weight excluding hydrogens is 148 g/mol. The second-order valence-electron chi connectivity index (χ2n) is 5.24. The third kappa shape index (κ3) is 3.14. The third-order valence-electron chi connectivity index (χ3n) is 3.06. The van der Waals surface area contributed by atoms with E-state index in [4.69, 9.17) is 0 Å². The molecule has 0 saturated carbocycles. The van der Waals surface area contributed by atoms with Gasteiger partial charge < -0.3 is 5.11 Å². The summed E-state index contributed by atoms with van der Waals surface area (Å²) in [5.74, 6) is 0.610. The normalized spacial score (nSPS) is 20.2. The van der Waals surface area contributed by atoms with E-state index in [1.807, 2.05) is 6.92 Å². The predicted molar refractivity (Wildman–Crippen MR) is 54.2 cm³/mol. The minimum Gasteiger partial charge on any atom is -0.390 e. The average Bonchev–Trinajstić information content (AvgIpc) is 1.84. The Morgan fingerprint density at radius 1 is 1.17 bits per heavy atom. The van der Waals surface area contributed by atoms with E-state index in [2.05, 4.69) is 34.6 Å². The Morgan fingerprint density at radius 2 is 1.58 bits per heavy atom. The number of hydrogen-bond acceptors (Lipinski definition) is 1. The van der Waals surface area contributed by atoms with Gasteiger partial charge in [-0.1, -0.05) is 41.0 Å². The summed E-state index contributed by atoms with van der Waals surface area (Å²) in [5.41, 5.74) is -0.557. The van der Waals surface area contributed by atoms with Crippen LogP contribution in [0.5, 0.6) is 0 Å². The summed E-state index contributed by atoms with van der Waals surface area (Å²) in [6, 6.07) is 0. The van der Waals surface area contributed by atoms with E-state index in [1.165, 1.54) is 0 Å². The van der Waals surface area contributed by atoms with E-state index in [0.29, 0.717) is 5.92 Å². The molecule has 0 bridgehead atoms. The standard InChI is InChI=1S/C11H24O/c1-7-9(2)8-11(6,12)10(3,4)5/h9,12H,7-8H2,1-6H3/t9-,11+/m0/s1. The first-order valence-corrected chi connectivity index (χ1v) is 4.93. The lowest BCUT2D eigenvalue weighted by molar-refractivity contribution is -0.0584. The van der Waals surface area contributed by atoms with Crippen LogP contribution in [0, 0.1) is 11.3 Å². The predicted octanol–water partition coefficient (Wildman–Crippen LogP) is 3.22. The molecule has 0 aromatic rings. The summed E-state index contributed by atoms with van der Waals surface area (Å²) in [4.78, 5) is 0. The van der Waals surface area contributed by atoms with E-state index in [1.54, 1.807) is 0 Å². The van der Waals surface area contributed by atoms with Crippen LogP contribution in [0.4, 0.5) is 0 Å². The number of hydrogen-bond donors (Lipinski definition) is 1. The lowest BCUT2D eigenvalue weighted by atomic mass is 9.73. The molecule has 1 nitrogen and oxygen atoms in total. The minimum atomic E-state index is -0.539. The smallest absolute Gasteiger partial charge is 0.0670 e.